The molecule has 1 unspecified atom stereocenters. The summed E-state index contributed by atoms with van der Waals surface area (Å²) in [4.78, 5) is 11.3. The van der Waals surface area contributed by atoms with Crippen molar-refractivity contribution in [1.29, 1.82) is 0 Å². The molecular weight excluding hydrogens is 276 g/mol. The van der Waals surface area contributed by atoms with Crippen LogP contribution in [0.3, 0.4) is 0 Å². The van der Waals surface area contributed by atoms with E-state index in [4.69, 9.17) is 0 Å². The second kappa shape index (κ2) is 5.87. The molecule has 1 atom stereocenters. The fraction of sp³-hybridized carbons (Fsp3) is 0.923. The van der Waals surface area contributed by atoms with E-state index in [1.807, 2.05) is 0 Å². The van der Waals surface area contributed by atoms with Crippen LogP contribution in [0.15, 0.2) is 0 Å². The molecule has 2 N–H and O–H groups in total. The lowest BCUT2D eigenvalue weighted by atomic mass is 9.75. The summed E-state index contributed by atoms with van der Waals surface area (Å²) in [7, 11) is 0. The van der Waals surface area contributed by atoms with Gasteiger partial charge in [-0.05, 0) is 32.2 Å². The Morgan fingerprint density at radius 2 is 1.90 bits per heavy atom. The molecule has 0 radical (unpaired) electrons. The number of piperidine rings is 1. The van der Waals surface area contributed by atoms with Gasteiger partial charge in [-0.2, -0.15) is 8.78 Å². The zero-order valence-electron chi connectivity index (χ0n) is 11.2. The van der Waals surface area contributed by atoms with Crippen LogP contribution in [0.4, 0.5) is 17.6 Å². The largest absolute Gasteiger partial charge is 0.383 e. The lowest BCUT2D eigenvalue weighted by molar-refractivity contribution is -0.170. The summed E-state index contributed by atoms with van der Waals surface area (Å²) < 4.78 is 50.2. The van der Waals surface area contributed by atoms with Gasteiger partial charge in [0.05, 0.1) is 0 Å². The van der Waals surface area contributed by atoms with Crippen molar-refractivity contribution in [2.24, 2.45) is 0 Å². The van der Waals surface area contributed by atoms with E-state index in [-0.39, 0.29) is 5.54 Å². The summed E-state index contributed by atoms with van der Waals surface area (Å²) >= 11 is 0. The number of carbonyl (C=O) groups is 1. The third kappa shape index (κ3) is 3.24. The molecule has 1 heterocycles. The molecule has 0 aromatic heterocycles. The topological polar surface area (TPSA) is 41.1 Å². The van der Waals surface area contributed by atoms with Crippen LogP contribution < -0.4 is 10.6 Å². The van der Waals surface area contributed by atoms with Gasteiger partial charge in [0, 0.05) is 11.6 Å². The summed E-state index contributed by atoms with van der Waals surface area (Å²) in [5, 5.41) is 5.52. The molecule has 2 fully saturated rings. The molecule has 0 bridgehead atoms. The summed E-state index contributed by atoms with van der Waals surface area (Å²) in [6.45, 7) is 0.616. The molecule has 1 saturated heterocycles. The zero-order valence-corrected chi connectivity index (χ0v) is 11.2. The molecule has 1 amide bonds. The Bertz CT molecular complexity index is 351. The molecule has 7 heteroatoms. The monoisotopic (exact) mass is 296 g/mol. The van der Waals surface area contributed by atoms with Gasteiger partial charge < -0.3 is 10.6 Å². The molecule has 1 spiro atoms. The van der Waals surface area contributed by atoms with E-state index in [1.165, 1.54) is 0 Å². The maximum atomic E-state index is 13.0. The van der Waals surface area contributed by atoms with Gasteiger partial charge >= 0.3 is 12.3 Å². The van der Waals surface area contributed by atoms with Gasteiger partial charge in [0.1, 0.15) is 0 Å². The third-order valence-corrected chi connectivity index (χ3v) is 4.35. The van der Waals surface area contributed by atoms with Crippen LogP contribution in [0.5, 0.6) is 0 Å². The smallest absolute Gasteiger partial charge is 0.348 e. The molecule has 3 nitrogen and oxygen atoms in total. The summed E-state index contributed by atoms with van der Waals surface area (Å²) in [5.74, 6) is -6.46. The van der Waals surface area contributed by atoms with Gasteiger partial charge in [0.15, 0.2) is 0 Å². The van der Waals surface area contributed by atoms with Crippen LogP contribution in [0, 0.1) is 0 Å². The summed E-state index contributed by atoms with van der Waals surface area (Å²) in [5.41, 5.74) is -0.117. The first kappa shape index (κ1) is 15.5. The highest BCUT2D eigenvalue weighted by atomic mass is 19.3. The Labute approximate surface area is 115 Å². The van der Waals surface area contributed by atoms with Gasteiger partial charge in [-0.3, -0.25) is 4.79 Å². The van der Waals surface area contributed by atoms with E-state index < -0.39 is 24.3 Å². The molecular formula is C13H20F4N2O. The number of amides is 1. The molecule has 116 valence electrons. The first-order valence-electron chi connectivity index (χ1n) is 7.08. The number of rotatable bonds is 3. The first-order chi connectivity index (χ1) is 9.36. The summed E-state index contributed by atoms with van der Waals surface area (Å²) in [6, 6.07) is -0.452. The van der Waals surface area contributed by atoms with E-state index in [0.717, 1.165) is 32.1 Å². The first-order valence-corrected chi connectivity index (χ1v) is 7.08. The van der Waals surface area contributed by atoms with Crippen molar-refractivity contribution in [3.63, 3.8) is 0 Å². The molecule has 20 heavy (non-hydrogen) atoms. The minimum Gasteiger partial charge on any atom is -0.348 e. The standard InChI is InChI=1S/C13H20F4N2O/c14-10(15)13(16,17)11(20)19-9-4-7-18-12(8-9)5-2-1-3-6-12/h9-10,18H,1-8H2,(H,19,20). The number of hydrogen-bond donors (Lipinski definition) is 2. The Balaban J connectivity index is 1.94. The number of carbonyl (C=O) groups excluding carboxylic acids is 1. The van der Waals surface area contributed by atoms with Crippen molar-refractivity contribution >= 4 is 5.91 Å². The second-order valence-electron chi connectivity index (χ2n) is 5.85. The molecule has 1 saturated carbocycles. The average Bonchev–Trinajstić information content (AvgIpc) is 2.39. The van der Waals surface area contributed by atoms with Crippen LogP contribution >= 0.6 is 0 Å². The molecule has 0 aromatic carbocycles. The minimum absolute atomic E-state index is 0.117. The second-order valence-corrected chi connectivity index (χ2v) is 5.85. The van der Waals surface area contributed by atoms with Gasteiger partial charge in [-0.15, -0.1) is 0 Å². The van der Waals surface area contributed by atoms with Gasteiger partial charge in [0.25, 0.3) is 5.91 Å². The lowest BCUT2D eigenvalue weighted by Gasteiger charge is -2.45. The number of halogens is 4. The quantitative estimate of drug-likeness (QED) is 0.786. The highest BCUT2D eigenvalue weighted by molar-refractivity contribution is 5.84. The average molecular weight is 296 g/mol. The predicted molar refractivity (Wildman–Crippen MR) is 65.9 cm³/mol. The van der Waals surface area contributed by atoms with Gasteiger partial charge in [-0.1, -0.05) is 19.3 Å². The fourth-order valence-electron chi connectivity index (χ4n) is 3.27. The van der Waals surface area contributed by atoms with Crippen molar-refractivity contribution in [2.75, 3.05) is 6.54 Å². The predicted octanol–water partition coefficient (Wildman–Crippen LogP) is 2.46. The van der Waals surface area contributed by atoms with Gasteiger partial charge in [-0.25, -0.2) is 8.78 Å². The maximum Gasteiger partial charge on any atom is 0.383 e. The molecule has 0 aromatic rings. The van der Waals surface area contributed by atoms with Crippen LogP contribution in [0.2, 0.25) is 0 Å². The Hall–Kier alpha value is -0.850. The van der Waals surface area contributed by atoms with Gasteiger partial charge in [0.2, 0.25) is 0 Å². The zero-order chi connectivity index (χ0) is 14.8. The van der Waals surface area contributed by atoms with E-state index in [1.54, 1.807) is 0 Å². The third-order valence-electron chi connectivity index (χ3n) is 4.35. The van der Waals surface area contributed by atoms with E-state index in [9.17, 15) is 22.4 Å². The van der Waals surface area contributed by atoms with E-state index in [0.29, 0.717) is 19.4 Å². The van der Waals surface area contributed by atoms with Crippen LogP contribution in [-0.4, -0.2) is 36.4 Å². The minimum atomic E-state index is -4.61. The van der Waals surface area contributed by atoms with Crippen LogP contribution in [-0.2, 0) is 4.79 Å². The van der Waals surface area contributed by atoms with Crippen molar-refractivity contribution in [3.05, 3.63) is 0 Å². The summed E-state index contributed by atoms with van der Waals surface area (Å²) in [6.07, 6.45) is 2.26. The maximum absolute atomic E-state index is 13.0. The molecule has 1 aliphatic carbocycles. The van der Waals surface area contributed by atoms with Crippen molar-refractivity contribution in [2.45, 2.75) is 68.9 Å². The number of hydrogen-bond acceptors (Lipinski definition) is 2. The van der Waals surface area contributed by atoms with Crippen molar-refractivity contribution in [3.8, 4) is 0 Å². The van der Waals surface area contributed by atoms with Crippen LogP contribution in [0.25, 0.3) is 0 Å². The fourth-order valence-corrected chi connectivity index (χ4v) is 3.27. The highest BCUT2D eigenvalue weighted by Crippen LogP contribution is 2.35. The Morgan fingerprint density at radius 1 is 1.25 bits per heavy atom. The highest BCUT2D eigenvalue weighted by Gasteiger charge is 2.50. The number of nitrogens with one attached hydrogen (secondary N) is 2. The molecule has 2 rings (SSSR count). The Kier molecular flexibility index (Phi) is 4.56. The van der Waals surface area contributed by atoms with E-state index >= 15 is 0 Å². The SMILES string of the molecule is O=C(NC1CCNC2(CCCCC2)C1)C(F)(F)C(F)F. The lowest BCUT2D eigenvalue weighted by Crippen LogP contribution is -2.59. The van der Waals surface area contributed by atoms with Crippen LogP contribution in [0.1, 0.15) is 44.9 Å². The van der Waals surface area contributed by atoms with E-state index in [2.05, 4.69) is 10.6 Å². The Morgan fingerprint density at radius 3 is 2.50 bits per heavy atom. The van der Waals surface area contributed by atoms with Crippen molar-refractivity contribution in [1.82, 2.24) is 10.6 Å². The molecule has 2 aliphatic rings. The number of alkyl halides is 4. The van der Waals surface area contributed by atoms with Crippen molar-refractivity contribution < 1.29 is 22.4 Å². The normalized spacial score (nSPS) is 26.8. The molecule has 1 aliphatic heterocycles.